The predicted molar refractivity (Wildman–Crippen MR) is 118 cm³/mol. The van der Waals surface area contributed by atoms with Gasteiger partial charge in [0.15, 0.2) is 6.10 Å². The van der Waals surface area contributed by atoms with Crippen molar-refractivity contribution in [1.29, 1.82) is 0 Å². The van der Waals surface area contributed by atoms with Crippen LogP contribution in [-0.2, 0) is 18.9 Å². The van der Waals surface area contributed by atoms with Gasteiger partial charge in [-0.3, -0.25) is 0 Å². The van der Waals surface area contributed by atoms with Crippen molar-refractivity contribution in [2.75, 3.05) is 6.61 Å². The lowest BCUT2D eigenvalue weighted by Gasteiger charge is -2.34. The molecule has 0 radical (unpaired) electrons. The van der Waals surface area contributed by atoms with Crippen LogP contribution in [0, 0.1) is 0 Å². The van der Waals surface area contributed by atoms with E-state index in [2.05, 4.69) is 0 Å². The van der Waals surface area contributed by atoms with Crippen LogP contribution in [0.2, 0.25) is 0 Å². The molecule has 4 rings (SSSR count). The fourth-order valence-electron chi connectivity index (χ4n) is 3.36. The highest BCUT2D eigenvalue weighted by Crippen LogP contribution is 2.24. The zero-order chi connectivity index (χ0) is 23.0. The van der Waals surface area contributed by atoms with Crippen LogP contribution in [0.4, 0.5) is 0 Å². The van der Waals surface area contributed by atoms with Gasteiger partial charge >= 0.3 is 17.9 Å². The average Bonchev–Trinajstić information content (AvgIpc) is 2.87. The summed E-state index contributed by atoms with van der Waals surface area (Å²) in [4.78, 5) is 37.6. The first-order valence-corrected chi connectivity index (χ1v) is 10.5. The summed E-state index contributed by atoms with van der Waals surface area (Å²) in [7, 11) is 0. The molecule has 1 aliphatic heterocycles. The molecule has 1 heterocycles. The van der Waals surface area contributed by atoms with Gasteiger partial charge in [0.25, 0.3) is 0 Å². The minimum atomic E-state index is -0.960. The SMILES string of the molecule is O=C(OC1CC(OC(=O)c2ccccc2)C(OC(=O)c2ccccc2)CO1)c1ccccc1. The lowest BCUT2D eigenvalue weighted by atomic mass is 10.1. The van der Waals surface area contributed by atoms with E-state index < -0.39 is 36.4 Å². The monoisotopic (exact) mass is 446 g/mol. The van der Waals surface area contributed by atoms with Gasteiger partial charge in [-0.05, 0) is 36.4 Å². The maximum atomic E-state index is 12.7. The van der Waals surface area contributed by atoms with E-state index in [0.717, 1.165) is 0 Å². The first kappa shape index (κ1) is 22.2. The van der Waals surface area contributed by atoms with E-state index in [-0.39, 0.29) is 13.0 Å². The minimum absolute atomic E-state index is 0.0177. The first-order valence-electron chi connectivity index (χ1n) is 10.5. The zero-order valence-corrected chi connectivity index (χ0v) is 17.7. The van der Waals surface area contributed by atoms with Crippen LogP contribution in [0.25, 0.3) is 0 Å². The van der Waals surface area contributed by atoms with Gasteiger partial charge in [0.1, 0.15) is 6.10 Å². The molecule has 7 nitrogen and oxygen atoms in total. The Morgan fingerprint density at radius 3 is 1.42 bits per heavy atom. The van der Waals surface area contributed by atoms with Crippen LogP contribution >= 0.6 is 0 Å². The van der Waals surface area contributed by atoms with Gasteiger partial charge in [-0.1, -0.05) is 54.6 Å². The Hall–Kier alpha value is -3.97. The highest BCUT2D eigenvalue weighted by molar-refractivity contribution is 5.90. The molecule has 3 aromatic rings. The van der Waals surface area contributed by atoms with E-state index in [1.54, 1.807) is 91.0 Å². The van der Waals surface area contributed by atoms with E-state index in [1.165, 1.54) is 0 Å². The molecule has 3 aromatic carbocycles. The Balaban J connectivity index is 1.47. The molecule has 1 saturated heterocycles. The third kappa shape index (κ3) is 5.84. The molecule has 0 saturated carbocycles. The number of rotatable bonds is 6. The third-order valence-electron chi connectivity index (χ3n) is 5.07. The van der Waals surface area contributed by atoms with E-state index >= 15 is 0 Å². The number of esters is 3. The molecule has 0 spiro atoms. The standard InChI is InChI=1S/C26H22O7/c27-24(18-10-4-1-5-11-18)31-21-16-23(33-26(29)20-14-8-3-9-15-20)30-17-22(21)32-25(28)19-12-6-2-7-13-19/h1-15,21-23H,16-17H2. The van der Waals surface area contributed by atoms with Crippen LogP contribution in [0.3, 0.4) is 0 Å². The van der Waals surface area contributed by atoms with Crippen molar-refractivity contribution in [1.82, 2.24) is 0 Å². The van der Waals surface area contributed by atoms with E-state index in [0.29, 0.717) is 16.7 Å². The summed E-state index contributed by atoms with van der Waals surface area (Å²) in [5, 5.41) is 0. The second-order valence-corrected chi connectivity index (χ2v) is 7.39. The highest BCUT2D eigenvalue weighted by atomic mass is 16.7. The predicted octanol–water partition coefficient (Wildman–Crippen LogP) is 4.04. The summed E-state index contributed by atoms with van der Waals surface area (Å²) < 4.78 is 22.3. The summed E-state index contributed by atoms with van der Waals surface area (Å²) in [6, 6.07) is 25.5. The van der Waals surface area contributed by atoms with Gasteiger partial charge in [0.05, 0.1) is 29.7 Å². The van der Waals surface area contributed by atoms with Crippen molar-refractivity contribution in [3.05, 3.63) is 108 Å². The topological polar surface area (TPSA) is 88.1 Å². The van der Waals surface area contributed by atoms with Crippen molar-refractivity contribution in [3.8, 4) is 0 Å². The van der Waals surface area contributed by atoms with Crippen LogP contribution in [0.1, 0.15) is 37.5 Å². The van der Waals surface area contributed by atoms with Gasteiger partial charge in [-0.2, -0.15) is 0 Å². The number of benzene rings is 3. The molecule has 0 aromatic heterocycles. The van der Waals surface area contributed by atoms with E-state index in [1.807, 2.05) is 0 Å². The Kier molecular flexibility index (Phi) is 7.12. The number of hydrogen-bond donors (Lipinski definition) is 0. The number of carbonyl (C=O) groups is 3. The second-order valence-electron chi connectivity index (χ2n) is 7.39. The van der Waals surface area contributed by atoms with Crippen LogP contribution in [0.15, 0.2) is 91.0 Å². The van der Waals surface area contributed by atoms with Gasteiger partial charge in [0, 0.05) is 0 Å². The Bertz CT molecular complexity index is 1080. The van der Waals surface area contributed by atoms with Gasteiger partial charge in [-0.15, -0.1) is 0 Å². The molecule has 0 bridgehead atoms. The summed E-state index contributed by atoms with van der Waals surface area (Å²) in [6.45, 7) is -0.0992. The van der Waals surface area contributed by atoms with Crippen LogP contribution in [0.5, 0.6) is 0 Å². The zero-order valence-electron chi connectivity index (χ0n) is 17.7. The maximum Gasteiger partial charge on any atom is 0.340 e. The van der Waals surface area contributed by atoms with Gasteiger partial charge < -0.3 is 18.9 Å². The molecule has 3 atom stereocenters. The lowest BCUT2D eigenvalue weighted by molar-refractivity contribution is -0.196. The summed E-state index contributed by atoms with van der Waals surface area (Å²) in [6.07, 6.45) is -2.67. The van der Waals surface area contributed by atoms with Crippen molar-refractivity contribution < 1.29 is 33.3 Å². The molecule has 0 aliphatic carbocycles. The molecule has 1 fully saturated rings. The molecular formula is C26H22O7. The third-order valence-corrected chi connectivity index (χ3v) is 5.07. The quantitative estimate of drug-likeness (QED) is 0.417. The largest absolute Gasteiger partial charge is 0.454 e. The molecule has 168 valence electrons. The molecule has 33 heavy (non-hydrogen) atoms. The lowest BCUT2D eigenvalue weighted by Crippen LogP contribution is -2.47. The Morgan fingerprint density at radius 2 is 0.970 bits per heavy atom. The number of ether oxygens (including phenoxy) is 4. The van der Waals surface area contributed by atoms with Gasteiger partial charge in [-0.25, -0.2) is 14.4 Å². The smallest absolute Gasteiger partial charge is 0.340 e. The number of hydrogen-bond acceptors (Lipinski definition) is 7. The van der Waals surface area contributed by atoms with Crippen molar-refractivity contribution in [2.24, 2.45) is 0 Å². The fourth-order valence-corrected chi connectivity index (χ4v) is 3.36. The summed E-state index contributed by atoms with van der Waals surface area (Å²) >= 11 is 0. The molecule has 0 N–H and O–H groups in total. The molecule has 7 heteroatoms. The van der Waals surface area contributed by atoms with Crippen molar-refractivity contribution in [3.63, 3.8) is 0 Å². The Labute approximate surface area is 190 Å². The Morgan fingerprint density at radius 1 is 0.576 bits per heavy atom. The van der Waals surface area contributed by atoms with Crippen LogP contribution < -0.4 is 0 Å². The van der Waals surface area contributed by atoms with E-state index in [9.17, 15) is 14.4 Å². The van der Waals surface area contributed by atoms with Crippen molar-refractivity contribution in [2.45, 2.75) is 24.9 Å². The van der Waals surface area contributed by atoms with Crippen LogP contribution in [-0.4, -0.2) is 43.0 Å². The summed E-state index contributed by atoms with van der Waals surface area (Å²) in [5.74, 6) is -1.70. The molecular weight excluding hydrogens is 424 g/mol. The fraction of sp³-hybridized carbons (Fsp3) is 0.192. The summed E-state index contributed by atoms with van der Waals surface area (Å²) in [5.41, 5.74) is 1.09. The maximum absolute atomic E-state index is 12.7. The normalized spacial score (nSPS) is 19.8. The average molecular weight is 446 g/mol. The van der Waals surface area contributed by atoms with E-state index in [4.69, 9.17) is 18.9 Å². The molecule has 3 unspecified atom stereocenters. The van der Waals surface area contributed by atoms with Gasteiger partial charge in [0.2, 0.25) is 6.29 Å². The second kappa shape index (κ2) is 10.6. The first-order chi connectivity index (χ1) is 16.1. The highest BCUT2D eigenvalue weighted by Gasteiger charge is 2.38. The molecule has 0 amide bonds. The number of carbonyl (C=O) groups excluding carboxylic acids is 3. The molecule has 1 aliphatic rings. The van der Waals surface area contributed by atoms with Crippen molar-refractivity contribution >= 4 is 17.9 Å². The minimum Gasteiger partial charge on any atom is -0.454 e.